The van der Waals surface area contributed by atoms with Gasteiger partial charge in [0.25, 0.3) is 0 Å². The van der Waals surface area contributed by atoms with Crippen LogP contribution in [0.1, 0.15) is 58.8 Å². The van der Waals surface area contributed by atoms with Gasteiger partial charge in [0.15, 0.2) is 5.96 Å². The minimum atomic E-state index is 0.0850. The van der Waals surface area contributed by atoms with Crippen molar-refractivity contribution in [2.45, 2.75) is 64.8 Å². The molecular weight excluding hydrogens is 288 g/mol. The number of carbonyl (C=O) groups excluding carboxylic acids is 1. The van der Waals surface area contributed by atoms with E-state index in [0.29, 0.717) is 6.04 Å². The molecule has 2 fully saturated rings. The fourth-order valence-corrected chi connectivity index (χ4v) is 3.73. The van der Waals surface area contributed by atoms with Gasteiger partial charge in [0.05, 0.1) is 0 Å². The third kappa shape index (κ3) is 5.70. The van der Waals surface area contributed by atoms with E-state index >= 15 is 0 Å². The highest BCUT2D eigenvalue weighted by Crippen LogP contribution is 2.28. The Kier molecular flexibility index (Phi) is 7.18. The monoisotopic (exact) mass is 322 g/mol. The lowest BCUT2D eigenvalue weighted by Gasteiger charge is -2.20. The van der Waals surface area contributed by atoms with E-state index in [2.05, 4.69) is 15.6 Å². The van der Waals surface area contributed by atoms with Crippen molar-refractivity contribution in [2.24, 2.45) is 16.8 Å². The van der Waals surface area contributed by atoms with Gasteiger partial charge in [-0.2, -0.15) is 0 Å². The molecule has 132 valence electrons. The first-order valence-electron chi connectivity index (χ1n) is 9.36. The second kappa shape index (κ2) is 9.14. The van der Waals surface area contributed by atoms with Crippen LogP contribution < -0.4 is 10.6 Å². The van der Waals surface area contributed by atoms with Gasteiger partial charge in [-0.25, -0.2) is 0 Å². The number of aliphatic imine (C=N–C) groups is 1. The molecule has 0 bridgehead atoms. The van der Waals surface area contributed by atoms with Gasteiger partial charge in [-0.05, 0) is 25.2 Å². The van der Waals surface area contributed by atoms with Crippen LogP contribution in [0.2, 0.25) is 0 Å². The minimum absolute atomic E-state index is 0.0850. The van der Waals surface area contributed by atoms with Crippen LogP contribution >= 0.6 is 0 Å². The van der Waals surface area contributed by atoms with Crippen molar-refractivity contribution in [1.29, 1.82) is 0 Å². The number of amides is 1. The van der Waals surface area contributed by atoms with Crippen LogP contribution in [0.25, 0.3) is 0 Å². The maximum atomic E-state index is 12.0. The van der Waals surface area contributed by atoms with Gasteiger partial charge in [0.2, 0.25) is 5.91 Å². The van der Waals surface area contributed by atoms with E-state index in [1.165, 1.54) is 38.5 Å². The molecule has 1 atom stereocenters. The zero-order valence-electron chi connectivity index (χ0n) is 15.1. The van der Waals surface area contributed by atoms with Gasteiger partial charge in [0.1, 0.15) is 0 Å². The van der Waals surface area contributed by atoms with Gasteiger partial charge in [-0.3, -0.25) is 9.79 Å². The Labute approximate surface area is 141 Å². The molecule has 0 radical (unpaired) electrons. The van der Waals surface area contributed by atoms with E-state index in [9.17, 15) is 4.79 Å². The summed E-state index contributed by atoms with van der Waals surface area (Å²) in [7, 11) is 1.82. The Morgan fingerprint density at radius 2 is 2.00 bits per heavy atom. The van der Waals surface area contributed by atoms with E-state index in [-0.39, 0.29) is 11.8 Å². The van der Waals surface area contributed by atoms with Crippen molar-refractivity contribution in [3.05, 3.63) is 0 Å². The van der Waals surface area contributed by atoms with Crippen LogP contribution in [0.15, 0.2) is 4.99 Å². The lowest BCUT2D eigenvalue weighted by molar-refractivity contribution is -0.133. The lowest BCUT2D eigenvalue weighted by atomic mass is 10.0. The second-order valence-electron chi connectivity index (χ2n) is 7.36. The summed E-state index contributed by atoms with van der Waals surface area (Å²) in [5, 5.41) is 6.89. The summed E-state index contributed by atoms with van der Waals surface area (Å²) in [6, 6.07) is 0.318. The maximum absolute atomic E-state index is 12.0. The van der Waals surface area contributed by atoms with Crippen LogP contribution in [0.4, 0.5) is 0 Å². The third-order valence-corrected chi connectivity index (χ3v) is 5.11. The van der Waals surface area contributed by atoms with E-state index in [0.717, 1.165) is 37.9 Å². The number of likely N-dealkylation sites (tertiary alicyclic amines) is 1. The summed E-state index contributed by atoms with van der Waals surface area (Å²) in [5.41, 5.74) is 0. The van der Waals surface area contributed by atoms with E-state index < -0.39 is 0 Å². The van der Waals surface area contributed by atoms with Gasteiger partial charge in [0, 0.05) is 38.6 Å². The molecule has 2 N–H and O–H groups in total. The third-order valence-electron chi connectivity index (χ3n) is 5.11. The largest absolute Gasteiger partial charge is 0.356 e. The zero-order valence-corrected chi connectivity index (χ0v) is 15.1. The fourth-order valence-electron chi connectivity index (χ4n) is 3.73. The van der Waals surface area contributed by atoms with Crippen LogP contribution in [-0.2, 0) is 4.79 Å². The smallest absolute Gasteiger partial charge is 0.225 e. The van der Waals surface area contributed by atoms with Crippen molar-refractivity contribution in [3.63, 3.8) is 0 Å². The number of nitrogens with zero attached hydrogens (tertiary/aromatic N) is 2. The topological polar surface area (TPSA) is 56.7 Å². The summed E-state index contributed by atoms with van der Waals surface area (Å²) in [5.74, 6) is 2.17. The van der Waals surface area contributed by atoms with Gasteiger partial charge >= 0.3 is 0 Å². The molecule has 5 nitrogen and oxygen atoms in total. The molecule has 5 heteroatoms. The van der Waals surface area contributed by atoms with E-state index in [1.807, 2.05) is 25.8 Å². The van der Waals surface area contributed by atoms with Crippen LogP contribution in [0.5, 0.6) is 0 Å². The van der Waals surface area contributed by atoms with Crippen molar-refractivity contribution in [2.75, 3.05) is 26.7 Å². The number of hydrogen-bond acceptors (Lipinski definition) is 2. The highest BCUT2D eigenvalue weighted by atomic mass is 16.2. The van der Waals surface area contributed by atoms with Crippen molar-refractivity contribution >= 4 is 11.9 Å². The fraction of sp³-hybridized carbons (Fsp3) is 0.889. The Balaban J connectivity index is 1.64. The molecule has 2 aliphatic rings. The molecule has 1 amide bonds. The Morgan fingerprint density at radius 3 is 2.65 bits per heavy atom. The molecule has 23 heavy (non-hydrogen) atoms. The summed E-state index contributed by atoms with van der Waals surface area (Å²) >= 11 is 0. The molecule has 1 unspecified atom stereocenters. The Bertz CT molecular complexity index is 402. The molecule has 0 aromatic heterocycles. The standard InChI is InChI=1S/C18H34N4O/c1-14(2)17(23)22-12-10-16(13-22)21-18(19-3)20-11-6-9-15-7-4-5-8-15/h14-16H,4-13H2,1-3H3,(H2,19,20,21). The molecule has 2 rings (SSSR count). The van der Waals surface area contributed by atoms with E-state index in [1.54, 1.807) is 0 Å². The van der Waals surface area contributed by atoms with Gasteiger partial charge in [-0.1, -0.05) is 39.5 Å². The first-order chi connectivity index (χ1) is 11.1. The predicted octanol–water partition coefficient (Wildman–Crippen LogP) is 2.38. The lowest BCUT2D eigenvalue weighted by Crippen LogP contribution is -2.45. The van der Waals surface area contributed by atoms with Crippen LogP contribution in [-0.4, -0.2) is 49.5 Å². The summed E-state index contributed by atoms with van der Waals surface area (Å²) in [4.78, 5) is 18.3. The summed E-state index contributed by atoms with van der Waals surface area (Å²) in [6.07, 6.45) is 9.26. The highest BCUT2D eigenvalue weighted by molar-refractivity contribution is 5.81. The molecule has 1 saturated heterocycles. The summed E-state index contributed by atoms with van der Waals surface area (Å²) < 4.78 is 0. The number of carbonyl (C=O) groups is 1. The molecule has 1 saturated carbocycles. The number of hydrogen-bond donors (Lipinski definition) is 2. The van der Waals surface area contributed by atoms with Crippen molar-refractivity contribution in [1.82, 2.24) is 15.5 Å². The van der Waals surface area contributed by atoms with Gasteiger partial charge < -0.3 is 15.5 Å². The first kappa shape index (κ1) is 18.1. The molecular formula is C18H34N4O. The first-order valence-corrected chi connectivity index (χ1v) is 9.36. The summed E-state index contributed by atoms with van der Waals surface area (Å²) in [6.45, 7) is 6.56. The number of rotatable bonds is 6. The number of guanidine groups is 1. The zero-order chi connectivity index (χ0) is 16.7. The van der Waals surface area contributed by atoms with Crippen molar-refractivity contribution in [3.8, 4) is 0 Å². The highest BCUT2D eigenvalue weighted by Gasteiger charge is 2.27. The van der Waals surface area contributed by atoms with Crippen LogP contribution in [0, 0.1) is 11.8 Å². The quantitative estimate of drug-likeness (QED) is 0.448. The van der Waals surface area contributed by atoms with Gasteiger partial charge in [-0.15, -0.1) is 0 Å². The molecule has 1 aliphatic heterocycles. The molecule has 1 heterocycles. The van der Waals surface area contributed by atoms with Crippen molar-refractivity contribution < 1.29 is 4.79 Å². The Hall–Kier alpha value is -1.26. The van der Waals surface area contributed by atoms with E-state index in [4.69, 9.17) is 0 Å². The predicted molar refractivity (Wildman–Crippen MR) is 95.5 cm³/mol. The Morgan fingerprint density at radius 1 is 1.26 bits per heavy atom. The molecule has 0 aromatic carbocycles. The maximum Gasteiger partial charge on any atom is 0.225 e. The minimum Gasteiger partial charge on any atom is -0.356 e. The molecule has 0 aromatic rings. The SMILES string of the molecule is CN=C(NCCCC1CCCC1)NC1CCN(C(=O)C(C)C)C1. The molecule has 0 spiro atoms. The van der Waals surface area contributed by atoms with Crippen LogP contribution in [0.3, 0.4) is 0 Å². The normalized spacial score (nSPS) is 22.9. The second-order valence-corrected chi connectivity index (χ2v) is 7.36. The number of nitrogens with one attached hydrogen (secondary N) is 2. The average molecular weight is 322 g/mol. The molecule has 1 aliphatic carbocycles. The average Bonchev–Trinajstić information content (AvgIpc) is 3.21.